The Morgan fingerprint density at radius 3 is 2.38 bits per heavy atom. The molecule has 0 aromatic heterocycles. The lowest BCUT2D eigenvalue weighted by Gasteiger charge is -2.32. The fraction of sp³-hybridized carbons (Fsp3) is 0.609. The Morgan fingerprint density at radius 1 is 1.17 bits per heavy atom. The molecule has 6 heteroatoms. The summed E-state index contributed by atoms with van der Waals surface area (Å²) < 4.78 is 17.8. The van der Waals surface area contributed by atoms with Crippen molar-refractivity contribution in [3.8, 4) is 0 Å². The van der Waals surface area contributed by atoms with Gasteiger partial charge >= 0.3 is 13.1 Å². The van der Waals surface area contributed by atoms with Gasteiger partial charge in [0, 0.05) is 13.1 Å². The Labute approximate surface area is 175 Å². The topological polar surface area (TPSA) is 48.0 Å². The van der Waals surface area contributed by atoms with Crippen molar-refractivity contribution in [1.82, 2.24) is 4.90 Å². The molecule has 0 radical (unpaired) electrons. The minimum absolute atomic E-state index is 0.169. The minimum atomic E-state index is -0.443. The summed E-state index contributed by atoms with van der Waals surface area (Å²) in [5, 5.41) is 0. The van der Waals surface area contributed by atoms with E-state index in [4.69, 9.17) is 14.0 Å². The predicted octanol–water partition coefficient (Wildman–Crippen LogP) is 3.42. The lowest BCUT2D eigenvalue weighted by Crippen LogP contribution is -2.41. The Morgan fingerprint density at radius 2 is 1.83 bits per heavy atom. The Bertz CT molecular complexity index is 778. The first kappa shape index (κ1) is 22.1. The highest BCUT2D eigenvalue weighted by Crippen LogP contribution is 2.36. The molecule has 0 bridgehead atoms. The average molecular weight is 399 g/mol. The van der Waals surface area contributed by atoms with Crippen LogP contribution in [0.5, 0.6) is 0 Å². The molecule has 1 aromatic carbocycles. The highest BCUT2D eigenvalue weighted by molar-refractivity contribution is 6.62. The van der Waals surface area contributed by atoms with Crippen molar-refractivity contribution in [1.29, 1.82) is 0 Å². The second kappa shape index (κ2) is 7.90. The van der Waals surface area contributed by atoms with Crippen LogP contribution < -0.4 is 5.46 Å². The molecule has 158 valence electrons. The number of benzene rings is 1. The van der Waals surface area contributed by atoms with E-state index in [-0.39, 0.29) is 24.3 Å². The second-order valence-electron chi connectivity index (χ2n) is 10.0. The van der Waals surface area contributed by atoms with E-state index in [0.29, 0.717) is 6.54 Å². The molecule has 0 atom stereocenters. The van der Waals surface area contributed by atoms with Gasteiger partial charge in [0.05, 0.1) is 17.7 Å². The standard InChI is InChI=1S/C23H34BNO4/c1-21(2,3)27-20(26)16-25-13-11-17(12-14-25)18-9-8-10-19(15-18)24-28-22(4,5)23(6,7)29-24/h8-11,15H,12-14,16H2,1-7H3. The normalized spacial score (nSPS) is 21.8. The van der Waals surface area contributed by atoms with Crippen molar-refractivity contribution in [2.45, 2.75) is 71.7 Å². The van der Waals surface area contributed by atoms with Crippen LogP contribution in [0.1, 0.15) is 60.5 Å². The summed E-state index contributed by atoms with van der Waals surface area (Å²) in [6.45, 7) is 15.9. The lowest BCUT2D eigenvalue weighted by atomic mass is 9.77. The summed E-state index contributed by atoms with van der Waals surface area (Å²) in [5.41, 5.74) is 2.39. The number of nitrogens with zero attached hydrogens (tertiary/aromatic N) is 1. The Kier molecular flexibility index (Phi) is 6.01. The largest absolute Gasteiger partial charge is 0.494 e. The van der Waals surface area contributed by atoms with Crippen molar-refractivity contribution >= 4 is 24.1 Å². The van der Waals surface area contributed by atoms with Crippen molar-refractivity contribution in [3.05, 3.63) is 35.9 Å². The number of hydrogen-bond acceptors (Lipinski definition) is 5. The fourth-order valence-electron chi connectivity index (χ4n) is 3.54. The highest BCUT2D eigenvalue weighted by Gasteiger charge is 2.51. The summed E-state index contributed by atoms with van der Waals surface area (Å²) >= 11 is 0. The monoisotopic (exact) mass is 399 g/mol. The van der Waals surface area contributed by atoms with Gasteiger partial charge in [-0.1, -0.05) is 30.3 Å². The first-order valence-corrected chi connectivity index (χ1v) is 10.5. The van der Waals surface area contributed by atoms with Gasteiger partial charge in [-0.15, -0.1) is 0 Å². The number of ether oxygens (including phenoxy) is 1. The third kappa shape index (κ3) is 5.30. The van der Waals surface area contributed by atoms with E-state index in [1.165, 1.54) is 11.1 Å². The van der Waals surface area contributed by atoms with E-state index in [9.17, 15) is 4.79 Å². The van der Waals surface area contributed by atoms with Crippen LogP contribution in [0.15, 0.2) is 30.3 Å². The maximum Gasteiger partial charge on any atom is 0.494 e. The molecule has 3 rings (SSSR count). The van der Waals surface area contributed by atoms with E-state index >= 15 is 0 Å². The molecular weight excluding hydrogens is 365 g/mol. The van der Waals surface area contributed by atoms with E-state index in [2.05, 4.69) is 62.9 Å². The summed E-state index contributed by atoms with van der Waals surface area (Å²) in [5.74, 6) is -0.169. The zero-order valence-electron chi connectivity index (χ0n) is 18.9. The van der Waals surface area contributed by atoms with Crippen molar-refractivity contribution in [3.63, 3.8) is 0 Å². The van der Waals surface area contributed by atoms with Crippen LogP contribution in [-0.2, 0) is 18.8 Å². The van der Waals surface area contributed by atoms with Crippen LogP contribution in [-0.4, -0.2) is 54.4 Å². The predicted molar refractivity (Wildman–Crippen MR) is 117 cm³/mol. The quantitative estimate of drug-likeness (QED) is 0.574. The van der Waals surface area contributed by atoms with Crippen LogP contribution in [0.2, 0.25) is 0 Å². The smallest absolute Gasteiger partial charge is 0.459 e. The number of rotatable bonds is 4. The number of carbonyl (C=O) groups is 1. The van der Waals surface area contributed by atoms with E-state index in [1.807, 2.05) is 20.8 Å². The van der Waals surface area contributed by atoms with Gasteiger partial charge in [-0.05, 0) is 71.5 Å². The molecule has 1 saturated heterocycles. The number of hydrogen-bond donors (Lipinski definition) is 0. The highest BCUT2D eigenvalue weighted by atomic mass is 16.7. The summed E-state index contributed by atoms with van der Waals surface area (Å²) in [6, 6.07) is 8.41. The van der Waals surface area contributed by atoms with Gasteiger partial charge in [0.25, 0.3) is 0 Å². The van der Waals surface area contributed by atoms with Gasteiger partial charge < -0.3 is 14.0 Å². The van der Waals surface area contributed by atoms with Gasteiger partial charge in [0.15, 0.2) is 0 Å². The minimum Gasteiger partial charge on any atom is -0.459 e. The molecule has 0 aliphatic carbocycles. The molecule has 2 aliphatic rings. The third-order valence-electron chi connectivity index (χ3n) is 5.85. The molecular formula is C23H34BNO4. The van der Waals surface area contributed by atoms with Crippen LogP contribution in [0.25, 0.3) is 5.57 Å². The zero-order valence-corrected chi connectivity index (χ0v) is 18.9. The van der Waals surface area contributed by atoms with Crippen LogP contribution >= 0.6 is 0 Å². The van der Waals surface area contributed by atoms with E-state index in [0.717, 1.165) is 25.0 Å². The summed E-state index contributed by atoms with van der Waals surface area (Å²) in [6.07, 6.45) is 3.10. The third-order valence-corrected chi connectivity index (χ3v) is 5.85. The first-order chi connectivity index (χ1) is 13.4. The summed E-state index contributed by atoms with van der Waals surface area (Å²) in [7, 11) is -0.354. The van der Waals surface area contributed by atoms with Crippen molar-refractivity contribution in [2.24, 2.45) is 0 Å². The molecule has 0 spiro atoms. The maximum atomic E-state index is 12.1. The molecule has 29 heavy (non-hydrogen) atoms. The van der Waals surface area contributed by atoms with Crippen LogP contribution in [0, 0.1) is 0 Å². The number of carbonyl (C=O) groups excluding carboxylic acids is 1. The van der Waals surface area contributed by atoms with Crippen LogP contribution in [0.4, 0.5) is 0 Å². The fourth-order valence-corrected chi connectivity index (χ4v) is 3.54. The molecule has 0 N–H and O–H groups in total. The zero-order chi connectivity index (χ0) is 21.4. The summed E-state index contributed by atoms with van der Waals surface area (Å²) in [4.78, 5) is 14.2. The first-order valence-electron chi connectivity index (χ1n) is 10.5. The van der Waals surface area contributed by atoms with Gasteiger partial charge in [0.1, 0.15) is 5.60 Å². The van der Waals surface area contributed by atoms with Gasteiger partial charge in [-0.2, -0.15) is 0 Å². The van der Waals surface area contributed by atoms with Gasteiger partial charge in [-0.3, -0.25) is 9.69 Å². The molecule has 1 fully saturated rings. The van der Waals surface area contributed by atoms with Crippen molar-refractivity contribution < 1.29 is 18.8 Å². The molecule has 5 nitrogen and oxygen atoms in total. The Hall–Kier alpha value is -1.63. The van der Waals surface area contributed by atoms with Crippen LogP contribution in [0.3, 0.4) is 0 Å². The maximum absolute atomic E-state index is 12.1. The lowest BCUT2D eigenvalue weighted by molar-refractivity contribution is -0.156. The molecule has 0 amide bonds. The number of esters is 1. The average Bonchev–Trinajstić information content (AvgIpc) is 2.82. The molecule has 0 unspecified atom stereocenters. The molecule has 0 saturated carbocycles. The second-order valence-corrected chi connectivity index (χ2v) is 10.0. The Balaban J connectivity index is 1.65. The molecule has 1 aromatic rings. The molecule has 2 heterocycles. The van der Waals surface area contributed by atoms with Crippen molar-refractivity contribution in [2.75, 3.05) is 19.6 Å². The van der Waals surface area contributed by atoms with Gasteiger partial charge in [0.2, 0.25) is 0 Å². The SMILES string of the molecule is CC(C)(C)OC(=O)CN1CC=C(c2cccc(B3OC(C)(C)C(C)(C)O3)c2)CC1. The molecule has 2 aliphatic heterocycles. The van der Waals surface area contributed by atoms with E-state index in [1.54, 1.807) is 0 Å². The van der Waals surface area contributed by atoms with E-state index < -0.39 is 5.60 Å². The van der Waals surface area contributed by atoms with Gasteiger partial charge in [-0.25, -0.2) is 0 Å².